The van der Waals surface area contributed by atoms with Gasteiger partial charge in [0.05, 0.1) is 11.5 Å². The van der Waals surface area contributed by atoms with E-state index in [-0.39, 0.29) is 17.5 Å². The largest absolute Gasteiger partial charge is 0.281 e. The lowest BCUT2D eigenvalue weighted by molar-refractivity contribution is -0.121. The molecule has 1 amide bonds. The molecule has 0 aromatic carbocycles. The third kappa shape index (κ3) is 2.96. The number of amides is 1. The van der Waals surface area contributed by atoms with Crippen molar-refractivity contribution >= 4 is 16.2 Å². The predicted molar refractivity (Wildman–Crippen MR) is 48.6 cm³/mol. The number of hydrogen-bond acceptors (Lipinski definition) is 4. The zero-order chi connectivity index (χ0) is 9.90. The highest BCUT2D eigenvalue weighted by Gasteiger charge is 2.28. The summed E-state index contributed by atoms with van der Waals surface area (Å²) in [6.07, 6.45) is 1.26. The van der Waals surface area contributed by atoms with Crippen molar-refractivity contribution in [2.75, 3.05) is 18.1 Å². The lowest BCUT2D eigenvalue weighted by Crippen LogP contribution is -2.44. The molecule has 1 rings (SSSR count). The second-order valence-electron chi connectivity index (χ2n) is 3.12. The van der Waals surface area contributed by atoms with Crippen LogP contribution < -0.4 is 5.43 Å². The van der Waals surface area contributed by atoms with E-state index < -0.39 is 9.84 Å². The standard InChI is InChI=1S/C7H14N2O3S/c1-2-9(6-10)8-7-3-4-13(11,12)5-7/h6-8H,2-5H2,1H3/t7-/m0/s1. The van der Waals surface area contributed by atoms with Gasteiger partial charge in [0, 0.05) is 12.6 Å². The van der Waals surface area contributed by atoms with Crippen LogP contribution >= 0.6 is 0 Å². The first kappa shape index (κ1) is 10.5. The molecule has 1 aliphatic rings. The second kappa shape index (κ2) is 4.06. The van der Waals surface area contributed by atoms with Crippen LogP contribution in [0, 0.1) is 0 Å². The van der Waals surface area contributed by atoms with Crippen molar-refractivity contribution in [3.8, 4) is 0 Å². The molecule has 1 atom stereocenters. The molecule has 13 heavy (non-hydrogen) atoms. The van der Waals surface area contributed by atoms with Crippen LogP contribution in [-0.2, 0) is 14.6 Å². The summed E-state index contributed by atoms with van der Waals surface area (Å²) in [5.41, 5.74) is 2.86. The number of carbonyl (C=O) groups excluding carboxylic acids is 1. The van der Waals surface area contributed by atoms with Crippen LogP contribution in [0.15, 0.2) is 0 Å². The number of rotatable bonds is 4. The number of nitrogens with one attached hydrogen (secondary N) is 1. The Labute approximate surface area is 78.0 Å². The van der Waals surface area contributed by atoms with Gasteiger partial charge in [0.1, 0.15) is 0 Å². The first-order valence-corrected chi connectivity index (χ1v) is 6.08. The van der Waals surface area contributed by atoms with Crippen LogP contribution in [0.3, 0.4) is 0 Å². The Balaban J connectivity index is 2.44. The molecule has 76 valence electrons. The van der Waals surface area contributed by atoms with Crippen molar-refractivity contribution in [2.24, 2.45) is 0 Å². The molecule has 5 nitrogen and oxygen atoms in total. The molecule has 0 saturated carbocycles. The first-order chi connectivity index (χ1) is 6.07. The fraction of sp³-hybridized carbons (Fsp3) is 0.857. The van der Waals surface area contributed by atoms with Crippen LogP contribution in [0.2, 0.25) is 0 Å². The van der Waals surface area contributed by atoms with Gasteiger partial charge in [-0.15, -0.1) is 0 Å². The van der Waals surface area contributed by atoms with Crippen LogP contribution in [0.25, 0.3) is 0 Å². The van der Waals surface area contributed by atoms with Gasteiger partial charge in [0.25, 0.3) is 0 Å². The molecule has 1 N–H and O–H groups in total. The van der Waals surface area contributed by atoms with Gasteiger partial charge in [0.2, 0.25) is 6.41 Å². The predicted octanol–water partition coefficient (Wildman–Crippen LogP) is -0.844. The molecule has 0 aromatic rings. The van der Waals surface area contributed by atoms with Gasteiger partial charge in [-0.1, -0.05) is 0 Å². The molecule has 0 radical (unpaired) electrons. The SMILES string of the molecule is CCN(C=O)N[C@H]1CCS(=O)(=O)C1. The highest BCUT2D eigenvalue weighted by atomic mass is 32.2. The van der Waals surface area contributed by atoms with Crippen molar-refractivity contribution in [2.45, 2.75) is 19.4 Å². The van der Waals surface area contributed by atoms with E-state index in [0.29, 0.717) is 19.4 Å². The molecule has 0 aliphatic carbocycles. The van der Waals surface area contributed by atoms with Crippen LogP contribution in [0.5, 0.6) is 0 Å². The Bertz CT molecular complexity index is 275. The molecule has 1 fully saturated rings. The van der Waals surface area contributed by atoms with Gasteiger partial charge in [0.15, 0.2) is 9.84 Å². The van der Waals surface area contributed by atoms with E-state index in [2.05, 4.69) is 5.43 Å². The van der Waals surface area contributed by atoms with E-state index >= 15 is 0 Å². The molecule has 0 aromatic heterocycles. The van der Waals surface area contributed by atoms with E-state index in [1.165, 1.54) is 5.01 Å². The van der Waals surface area contributed by atoms with E-state index in [1.54, 1.807) is 0 Å². The topological polar surface area (TPSA) is 66.5 Å². The minimum absolute atomic E-state index is 0.102. The van der Waals surface area contributed by atoms with Crippen molar-refractivity contribution < 1.29 is 13.2 Å². The third-order valence-corrected chi connectivity index (χ3v) is 3.82. The molecule has 1 aliphatic heterocycles. The number of hydrazine groups is 1. The van der Waals surface area contributed by atoms with Gasteiger partial charge in [-0.3, -0.25) is 9.80 Å². The molecule has 1 saturated heterocycles. The Morgan fingerprint density at radius 2 is 2.31 bits per heavy atom. The fourth-order valence-corrected chi connectivity index (χ4v) is 2.99. The van der Waals surface area contributed by atoms with Crippen LogP contribution in [0.4, 0.5) is 0 Å². The Hall–Kier alpha value is -0.620. The van der Waals surface area contributed by atoms with E-state index in [0.717, 1.165) is 0 Å². The Kier molecular flexibility index (Phi) is 3.27. The minimum Gasteiger partial charge on any atom is -0.281 e. The minimum atomic E-state index is -2.86. The zero-order valence-corrected chi connectivity index (χ0v) is 8.38. The van der Waals surface area contributed by atoms with Crippen LogP contribution in [-0.4, -0.2) is 43.9 Å². The lowest BCUT2D eigenvalue weighted by Gasteiger charge is -2.20. The van der Waals surface area contributed by atoms with Gasteiger partial charge in [-0.25, -0.2) is 13.8 Å². The summed E-state index contributed by atoms with van der Waals surface area (Å²) >= 11 is 0. The second-order valence-corrected chi connectivity index (χ2v) is 5.35. The van der Waals surface area contributed by atoms with E-state index in [4.69, 9.17) is 0 Å². The van der Waals surface area contributed by atoms with Crippen molar-refractivity contribution in [1.29, 1.82) is 0 Å². The molecular formula is C7H14N2O3S. The molecular weight excluding hydrogens is 192 g/mol. The number of hydrogen-bond donors (Lipinski definition) is 1. The molecule has 1 heterocycles. The molecule has 0 spiro atoms. The van der Waals surface area contributed by atoms with E-state index in [9.17, 15) is 13.2 Å². The van der Waals surface area contributed by atoms with Gasteiger partial charge < -0.3 is 0 Å². The maximum Gasteiger partial charge on any atom is 0.223 e. The summed E-state index contributed by atoms with van der Waals surface area (Å²) in [5, 5.41) is 1.37. The quantitative estimate of drug-likeness (QED) is 0.481. The van der Waals surface area contributed by atoms with Gasteiger partial charge in [-0.05, 0) is 13.3 Å². The summed E-state index contributed by atoms with van der Waals surface area (Å²) in [4.78, 5) is 10.4. The Morgan fingerprint density at radius 3 is 2.69 bits per heavy atom. The fourth-order valence-electron chi connectivity index (χ4n) is 1.33. The number of carbonyl (C=O) groups is 1. The maximum atomic E-state index is 11.1. The van der Waals surface area contributed by atoms with Gasteiger partial charge >= 0.3 is 0 Å². The first-order valence-electron chi connectivity index (χ1n) is 4.26. The highest BCUT2D eigenvalue weighted by molar-refractivity contribution is 7.91. The molecule has 6 heteroatoms. The zero-order valence-electron chi connectivity index (χ0n) is 7.56. The number of sulfone groups is 1. The molecule has 0 bridgehead atoms. The van der Waals surface area contributed by atoms with E-state index in [1.807, 2.05) is 6.92 Å². The lowest BCUT2D eigenvalue weighted by atomic mass is 10.3. The monoisotopic (exact) mass is 206 g/mol. The Morgan fingerprint density at radius 1 is 1.62 bits per heavy atom. The summed E-state index contributed by atoms with van der Waals surface area (Å²) in [6.45, 7) is 2.37. The maximum absolute atomic E-state index is 11.1. The van der Waals surface area contributed by atoms with Crippen molar-refractivity contribution in [3.63, 3.8) is 0 Å². The summed E-state index contributed by atoms with van der Waals surface area (Å²) in [7, 11) is -2.86. The highest BCUT2D eigenvalue weighted by Crippen LogP contribution is 2.11. The third-order valence-electron chi connectivity index (χ3n) is 2.05. The van der Waals surface area contributed by atoms with Crippen molar-refractivity contribution in [1.82, 2.24) is 10.4 Å². The number of nitrogens with zero attached hydrogens (tertiary/aromatic N) is 1. The normalized spacial score (nSPS) is 25.8. The smallest absolute Gasteiger partial charge is 0.223 e. The average molecular weight is 206 g/mol. The molecule has 0 unspecified atom stereocenters. The average Bonchev–Trinajstić information content (AvgIpc) is 2.41. The van der Waals surface area contributed by atoms with Crippen molar-refractivity contribution in [3.05, 3.63) is 0 Å². The summed E-state index contributed by atoms with van der Waals surface area (Å²) in [6, 6.07) is -0.102. The summed E-state index contributed by atoms with van der Waals surface area (Å²) in [5.74, 6) is 0.360. The van der Waals surface area contributed by atoms with Gasteiger partial charge in [-0.2, -0.15) is 0 Å². The summed E-state index contributed by atoms with van der Waals surface area (Å²) < 4.78 is 22.1. The van der Waals surface area contributed by atoms with Crippen LogP contribution in [0.1, 0.15) is 13.3 Å².